The Morgan fingerprint density at radius 3 is 2.50 bits per heavy atom. The van der Waals surface area contributed by atoms with Crippen LogP contribution >= 0.6 is 11.8 Å². The molecule has 1 aromatic rings. The number of benzene rings is 1. The maximum Gasteiger partial charge on any atom is 0.321 e. The van der Waals surface area contributed by atoms with Gasteiger partial charge in [-0.15, -0.1) is 0 Å². The quantitative estimate of drug-likeness (QED) is 0.866. The molecule has 1 aliphatic rings. The summed E-state index contributed by atoms with van der Waals surface area (Å²) in [4.78, 5) is 26.6. The van der Waals surface area contributed by atoms with Crippen molar-refractivity contribution in [1.29, 1.82) is 0 Å². The summed E-state index contributed by atoms with van der Waals surface area (Å²) in [6, 6.07) is 7.37. The second kappa shape index (κ2) is 6.79. The highest BCUT2D eigenvalue weighted by atomic mass is 32.2. The first-order valence-corrected chi connectivity index (χ1v) is 7.76. The summed E-state index contributed by atoms with van der Waals surface area (Å²) in [5.41, 5.74) is 0.711. The van der Waals surface area contributed by atoms with E-state index in [9.17, 15) is 9.59 Å². The largest absolute Gasteiger partial charge is 0.325 e. The lowest BCUT2D eigenvalue weighted by molar-refractivity contribution is -0.113. The Kier molecular flexibility index (Phi) is 5.06. The van der Waals surface area contributed by atoms with Gasteiger partial charge in [-0.3, -0.25) is 4.79 Å². The average molecular weight is 292 g/mol. The SMILES string of the molecule is CC(C)C(=O)Sc1ccccc1NC(=O)N1CCCC1. The molecule has 1 fully saturated rings. The number of hydrogen-bond acceptors (Lipinski definition) is 3. The maximum absolute atomic E-state index is 12.1. The van der Waals surface area contributed by atoms with Crippen LogP contribution in [0.5, 0.6) is 0 Å². The van der Waals surface area contributed by atoms with E-state index in [0.717, 1.165) is 30.8 Å². The molecule has 0 unspecified atom stereocenters. The zero-order valence-electron chi connectivity index (χ0n) is 11.9. The fourth-order valence-electron chi connectivity index (χ4n) is 2.00. The molecule has 0 atom stereocenters. The number of carbonyl (C=O) groups is 2. The number of urea groups is 1. The summed E-state index contributed by atoms with van der Waals surface area (Å²) in [5, 5.41) is 3.02. The maximum atomic E-state index is 12.1. The third-order valence-corrected chi connectivity index (χ3v) is 4.45. The Labute approximate surface area is 123 Å². The molecule has 0 radical (unpaired) electrons. The summed E-state index contributed by atoms with van der Waals surface area (Å²) in [6.07, 6.45) is 2.13. The van der Waals surface area contributed by atoms with Crippen molar-refractivity contribution in [3.63, 3.8) is 0 Å². The fourth-order valence-corrected chi connectivity index (χ4v) is 2.83. The van der Waals surface area contributed by atoms with Gasteiger partial charge in [0.2, 0.25) is 0 Å². The van der Waals surface area contributed by atoms with Crippen LogP contribution in [0.4, 0.5) is 10.5 Å². The fraction of sp³-hybridized carbons (Fsp3) is 0.467. The van der Waals surface area contributed by atoms with Gasteiger partial charge in [-0.1, -0.05) is 26.0 Å². The van der Waals surface area contributed by atoms with Gasteiger partial charge in [-0.05, 0) is 36.7 Å². The minimum Gasteiger partial charge on any atom is -0.325 e. The molecule has 0 spiro atoms. The second-order valence-corrected chi connectivity index (χ2v) is 6.24. The molecule has 1 aromatic carbocycles. The monoisotopic (exact) mass is 292 g/mol. The van der Waals surface area contributed by atoms with Crippen LogP contribution in [0, 0.1) is 5.92 Å². The van der Waals surface area contributed by atoms with E-state index in [1.165, 1.54) is 11.8 Å². The smallest absolute Gasteiger partial charge is 0.321 e. The molecule has 2 amide bonds. The van der Waals surface area contributed by atoms with E-state index in [0.29, 0.717) is 5.69 Å². The third kappa shape index (κ3) is 3.76. The van der Waals surface area contributed by atoms with Crippen LogP contribution in [-0.4, -0.2) is 29.1 Å². The number of rotatable bonds is 3. The van der Waals surface area contributed by atoms with E-state index >= 15 is 0 Å². The number of nitrogens with zero attached hydrogens (tertiary/aromatic N) is 1. The summed E-state index contributed by atoms with van der Waals surface area (Å²) >= 11 is 1.19. The van der Waals surface area contributed by atoms with Gasteiger partial charge in [0.1, 0.15) is 0 Å². The van der Waals surface area contributed by atoms with E-state index in [4.69, 9.17) is 0 Å². The normalized spacial score (nSPS) is 14.7. The molecule has 108 valence electrons. The minimum atomic E-state index is -0.0763. The van der Waals surface area contributed by atoms with Crippen molar-refractivity contribution in [3.8, 4) is 0 Å². The highest BCUT2D eigenvalue weighted by molar-refractivity contribution is 8.13. The Bertz CT molecular complexity index is 496. The van der Waals surface area contributed by atoms with E-state index < -0.39 is 0 Å². The lowest BCUT2D eigenvalue weighted by atomic mass is 10.3. The molecular weight excluding hydrogens is 272 g/mol. The molecule has 0 bridgehead atoms. The third-order valence-electron chi connectivity index (χ3n) is 3.20. The summed E-state index contributed by atoms with van der Waals surface area (Å²) in [5.74, 6) is -0.0256. The Morgan fingerprint density at radius 2 is 1.85 bits per heavy atom. The number of anilines is 1. The molecule has 2 rings (SSSR count). The summed E-state index contributed by atoms with van der Waals surface area (Å²) < 4.78 is 0. The van der Waals surface area contributed by atoms with Crippen LogP contribution in [0.3, 0.4) is 0 Å². The van der Waals surface area contributed by atoms with Crippen molar-refractivity contribution in [2.24, 2.45) is 5.92 Å². The first-order valence-electron chi connectivity index (χ1n) is 6.94. The van der Waals surface area contributed by atoms with Gasteiger partial charge >= 0.3 is 6.03 Å². The van der Waals surface area contributed by atoms with Crippen molar-refractivity contribution in [2.45, 2.75) is 31.6 Å². The Hall–Kier alpha value is -1.49. The highest BCUT2D eigenvalue weighted by Crippen LogP contribution is 2.29. The van der Waals surface area contributed by atoms with Gasteiger partial charge in [0, 0.05) is 23.9 Å². The van der Waals surface area contributed by atoms with Crippen LogP contribution in [0.15, 0.2) is 29.2 Å². The highest BCUT2D eigenvalue weighted by Gasteiger charge is 2.19. The van der Waals surface area contributed by atoms with Crippen LogP contribution in [0.1, 0.15) is 26.7 Å². The van der Waals surface area contributed by atoms with E-state index in [-0.39, 0.29) is 17.1 Å². The molecule has 4 nitrogen and oxygen atoms in total. The van der Waals surface area contributed by atoms with E-state index in [2.05, 4.69) is 5.32 Å². The molecule has 20 heavy (non-hydrogen) atoms. The predicted octanol–water partition coefficient (Wildman–Crippen LogP) is 3.59. The van der Waals surface area contributed by atoms with Gasteiger partial charge < -0.3 is 10.2 Å². The predicted molar refractivity (Wildman–Crippen MR) is 82.0 cm³/mol. The van der Waals surface area contributed by atoms with E-state index in [1.54, 1.807) is 0 Å². The van der Waals surface area contributed by atoms with Gasteiger partial charge in [0.25, 0.3) is 0 Å². The van der Waals surface area contributed by atoms with Crippen molar-refractivity contribution >= 4 is 28.6 Å². The molecule has 0 aliphatic carbocycles. The van der Waals surface area contributed by atoms with E-state index in [1.807, 2.05) is 43.0 Å². The van der Waals surface area contributed by atoms with Gasteiger partial charge in [0.15, 0.2) is 5.12 Å². The van der Waals surface area contributed by atoms with Gasteiger partial charge in [-0.25, -0.2) is 4.79 Å². The topological polar surface area (TPSA) is 49.4 Å². The second-order valence-electron chi connectivity index (χ2n) is 5.20. The lowest BCUT2D eigenvalue weighted by Gasteiger charge is -2.17. The first kappa shape index (κ1) is 14.9. The number of nitrogens with one attached hydrogen (secondary N) is 1. The molecular formula is C15H20N2O2S. The van der Waals surface area contributed by atoms with Crippen molar-refractivity contribution in [3.05, 3.63) is 24.3 Å². The van der Waals surface area contributed by atoms with Crippen LogP contribution in [0.25, 0.3) is 0 Å². The minimum absolute atomic E-state index is 0.0256. The zero-order chi connectivity index (χ0) is 14.5. The first-order chi connectivity index (χ1) is 9.58. The van der Waals surface area contributed by atoms with Crippen molar-refractivity contribution < 1.29 is 9.59 Å². The zero-order valence-corrected chi connectivity index (χ0v) is 12.7. The number of likely N-dealkylation sites (tertiary alicyclic amines) is 1. The standard InChI is InChI=1S/C15H20N2O2S/c1-11(2)14(18)20-13-8-4-3-7-12(13)16-15(19)17-9-5-6-10-17/h3-4,7-8,11H,5-6,9-10H2,1-2H3,(H,16,19). The number of thioether (sulfide) groups is 1. The number of carbonyl (C=O) groups excluding carboxylic acids is 2. The molecule has 1 saturated heterocycles. The molecule has 0 saturated carbocycles. The van der Waals surface area contributed by atoms with Crippen LogP contribution < -0.4 is 5.32 Å². The average Bonchev–Trinajstić information content (AvgIpc) is 2.94. The molecule has 1 heterocycles. The molecule has 1 N–H and O–H groups in total. The van der Waals surface area contributed by atoms with Crippen molar-refractivity contribution in [1.82, 2.24) is 4.90 Å². The lowest BCUT2D eigenvalue weighted by Crippen LogP contribution is -2.32. The van der Waals surface area contributed by atoms with Gasteiger partial charge in [0.05, 0.1) is 5.69 Å². The molecule has 5 heteroatoms. The molecule has 1 aliphatic heterocycles. The van der Waals surface area contributed by atoms with Gasteiger partial charge in [-0.2, -0.15) is 0 Å². The number of para-hydroxylation sites is 1. The Morgan fingerprint density at radius 1 is 1.20 bits per heavy atom. The number of hydrogen-bond donors (Lipinski definition) is 1. The molecule has 0 aromatic heterocycles. The van der Waals surface area contributed by atoms with Crippen molar-refractivity contribution in [2.75, 3.05) is 18.4 Å². The number of amides is 2. The summed E-state index contributed by atoms with van der Waals surface area (Å²) in [7, 11) is 0. The Balaban J connectivity index is 2.07. The summed E-state index contributed by atoms with van der Waals surface area (Å²) in [6.45, 7) is 5.37. The van der Waals surface area contributed by atoms with Crippen LogP contribution in [0.2, 0.25) is 0 Å². The van der Waals surface area contributed by atoms with Crippen LogP contribution in [-0.2, 0) is 4.79 Å².